The van der Waals surface area contributed by atoms with Gasteiger partial charge in [0.2, 0.25) is 5.91 Å². The Morgan fingerprint density at radius 2 is 0.941 bits per heavy atom. The topological polar surface area (TPSA) is 114 Å². The predicted octanol–water partition coefficient (Wildman–Crippen LogP) is 15.6. The van der Waals surface area contributed by atoms with E-state index in [1.54, 1.807) is 0 Å². The van der Waals surface area contributed by atoms with Crippen molar-refractivity contribution in [2.24, 2.45) is 0 Å². The van der Waals surface area contributed by atoms with Crippen LogP contribution in [0, 0.1) is 0 Å². The molecule has 10 heteroatoms. The molecular weight excluding hydrogens is 868 g/mol. The number of ether oxygens (including phenoxy) is 1. The molecule has 68 heavy (non-hydrogen) atoms. The molecule has 9 nitrogen and oxygen atoms in total. The maximum absolute atomic E-state index is 13.5. The van der Waals surface area contributed by atoms with Gasteiger partial charge in [-0.2, -0.15) is 0 Å². The van der Waals surface area contributed by atoms with Crippen LogP contribution in [0.15, 0.2) is 85.1 Å². The quantitative estimate of drug-likeness (QED) is 0.0161. The van der Waals surface area contributed by atoms with E-state index in [0.717, 1.165) is 89.9 Å². The van der Waals surface area contributed by atoms with Gasteiger partial charge < -0.3 is 28.5 Å². The fourth-order valence-corrected chi connectivity index (χ4v) is 8.18. The van der Waals surface area contributed by atoms with E-state index in [9.17, 15) is 19.0 Å². The molecule has 0 bridgehead atoms. The van der Waals surface area contributed by atoms with Crippen LogP contribution >= 0.6 is 7.82 Å². The first-order valence-electron chi connectivity index (χ1n) is 27.5. The third kappa shape index (κ3) is 48.2. The van der Waals surface area contributed by atoms with Crippen LogP contribution < -0.4 is 10.2 Å². The Balaban J connectivity index is 5.42. The zero-order valence-electron chi connectivity index (χ0n) is 44.5. The maximum Gasteiger partial charge on any atom is 0.306 e. The summed E-state index contributed by atoms with van der Waals surface area (Å²) in [5, 5.41) is 3.00. The molecule has 392 valence electrons. The first-order valence-corrected chi connectivity index (χ1v) is 28.9. The summed E-state index contributed by atoms with van der Waals surface area (Å²) in [7, 11) is 1.16. The zero-order chi connectivity index (χ0) is 50.1. The van der Waals surface area contributed by atoms with E-state index in [1.165, 1.54) is 89.9 Å². The zero-order valence-corrected chi connectivity index (χ0v) is 45.4. The van der Waals surface area contributed by atoms with Gasteiger partial charge in [-0.1, -0.05) is 222 Å². The molecule has 0 radical (unpaired) electrons. The highest BCUT2D eigenvalue weighted by Crippen LogP contribution is 2.38. The maximum atomic E-state index is 13.5. The van der Waals surface area contributed by atoms with E-state index in [-0.39, 0.29) is 24.9 Å². The van der Waals surface area contributed by atoms with Crippen molar-refractivity contribution >= 4 is 19.7 Å². The highest BCUT2D eigenvalue weighted by atomic mass is 31.2. The molecule has 0 heterocycles. The minimum atomic E-state index is -4.70. The minimum absolute atomic E-state index is 0.0308. The molecule has 0 saturated carbocycles. The number of allylic oxidation sites excluding steroid dienone is 13. The van der Waals surface area contributed by atoms with Crippen LogP contribution in [0.3, 0.4) is 0 Å². The molecule has 0 fully saturated rings. The number of rotatable bonds is 48. The van der Waals surface area contributed by atoms with Gasteiger partial charge in [-0.3, -0.25) is 14.2 Å². The summed E-state index contributed by atoms with van der Waals surface area (Å²) in [6, 6.07) is -0.902. The van der Waals surface area contributed by atoms with Crippen LogP contribution in [0.1, 0.15) is 220 Å². The monoisotopic (exact) mass is 971 g/mol. The van der Waals surface area contributed by atoms with E-state index in [0.29, 0.717) is 23.9 Å². The first kappa shape index (κ1) is 65.2. The fourth-order valence-electron chi connectivity index (χ4n) is 7.46. The van der Waals surface area contributed by atoms with E-state index < -0.39 is 26.6 Å². The lowest BCUT2D eigenvalue weighted by molar-refractivity contribution is -0.870. The summed E-state index contributed by atoms with van der Waals surface area (Å²) < 4.78 is 30.2. The molecular formula is C58H103N2O7P. The van der Waals surface area contributed by atoms with Crippen molar-refractivity contribution in [2.75, 3.05) is 40.9 Å². The summed E-state index contributed by atoms with van der Waals surface area (Å²) in [6.07, 6.45) is 61.1. The number of carbonyl (C=O) groups is 2. The second-order valence-corrected chi connectivity index (χ2v) is 20.9. The molecule has 0 spiro atoms. The summed E-state index contributed by atoms with van der Waals surface area (Å²) in [6.45, 7) is 6.54. The van der Waals surface area contributed by atoms with Crippen molar-refractivity contribution in [3.63, 3.8) is 0 Å². The van der Waals surface area contributed by atoms with E-state index in [2.05, 4.69) is 99.0 Å². The van der Waals surface area contributed by atoms with Crippen LogP contribution in [-0.4, -0.2) is 69.4 Å². The van der Waals surface area contributed by atoms with Crippen molar-refractivity contribution in [1.29, 1.82) is 0 Å². The van der Waals surface area contributed by atoms with Gasteiger partial charge in [0, 0.05) is 12.8 Å². The number of carbonyl (C=O) groups excluding carboxylic acids is 2. The summed E-state index contributed by atoms with van der Waals surface area (Å²) in [5.74, 6) is -0.575. The highest BCUT2D eigenvalue weighted by molar-refractivity contribution is 7.45. The molecule has 3 atom stereocenters. The molecule has 0 aliphatic heterocycles. The van der Waals surface area contributed by atoms with Gasteiger partial charge in [-0.25, -0.2) is 0 Å². The largest absolute Gasteiger partial charge is 0.756 e. The Hall–Kier alpha value is -2.81. The number of quaternary nitrogens is 1. The Bertz CT molecular complexity index is 1440. The van der Waals surface area contributed by atoms with Crippen molar-refractivity contribution in [1.82, 2.24) is 5.32 Å². The molecule has 0 aromatic rings. The number of phosphoric acid groups is 1. The molecule has 3 unspecified atom stereocenters. The van der Waals surface area contributed by atoms with Gasteiger partial charge >= 0.3 is 5.97 Å². The lowest BCUT2D eigenvalue weighted by Gasteiger charge is -2.30. The van der Waals surface area contributed by atoms with Gasteiger partial charge in [0.1, 0.15) is 19.3 Å². The second-order valence-electron chi connectivity index (χ2n) is 19.4. The number of hydrogen-bond donors (Lipinski definition) is 1. The van der Waals surface area contributed by atoms with Crippen molar-refractivity contribution in [3.8, 4) is 0 Å². The van der Waals surface area contributed by atoms with Crippen LogP contribution in [0.5, 0.6) is 0 Å². The normalized spacial score (nSPS) is 14.5. The number of phosphoric ester groups is 1. The van der Waals surface area contributed by atoms with Crippen molar-refractivity contribution in [2.45, 2.75) is 232 Å². The predicted molar refractivity (Wildman–Crippen MR) is 288 cm³/mol. The lowest BCUT2D eigenvalue weighted by Crippen LogP contribution is -2.47. The molecule has 0 aromatic heterocycles. The van der Waals surface area contributed by atoms with Crippen LogP contribution in [-0.2, 0) is 27.9 Å². The number of nitrogens with one attached hydrogen (secondary N) is 1. The summed E-state index contributed by atoms with van der Waals surface area (Å²) in [4.78, 5) is 39.8. The Kier molecular flexibility index (Phi) is 45.9. The molecule has 0 saturated heterocycles. The molecule has 0 aliphatic carbocycles. The number of amides is 1. The number of unbranched alkanes of at least 4 members (excludes halogenated alkanes) is 24. The third-order valence-electron chi connectivity index (χ3n) is 11.7. The minimum Gasteiger partial charge on any atom is -0.756 e. The van der Waals surface area contributed by atoms with Crippen molar-refractivity contribution in [3.05, 3.63) is 85.1 Å². The molecule has 1 N–H and O–H groups in total. The average Bonchev–Trinajstić information content (AvgIpc) is 3.29. The highest BCUT2D eigenvalue weighted by Gasteiger charge is 2.27. The second kappa shape index (κ2) is 47.8. The number of nitrogens with zero attached hydrogens (tertiary/aromatic N) is 1. The lowest BCUT2D eigenvalue weighted by atomic mass is 10.0. The average molecular weight is 971 g/mol. The Morgan fingerprint density at radius 3 is 1.40 bits per heavy atom. The van der Waals surface area contributed by atoms with Crippen LogP contribution in [0.4, 0.5) is 0 Å². The smallest absolute Gasteiger partial charge is 0.306 e. The summed E-state index contributed by atoms with van der Waals surface area (Å²) >= 11 is 0. The molecule has 0 rings (SSSR count). The van der Waals surface area contributed by atoms with E-state index in [1.807, 2.05) is 33.3 Å². The SMILES string of the molecule is CC/C=C/C=C/C=C/CCCCCCCCCC(=O)NC(COP(=O)([O-])OCC[N+](C)(C)C)C(/C=C/CCCCCCCCCCCC)OC(=O)CCCCCCCCC/C=C/C=C/C=C/CC. The Morgan fingerprint density at radius 1 is 0.529 bits per heavy atom. The van der Waals surface area contributed by atoms with Gasteiger partial charge in [-0.05, 0) is 70.3 Å². The number of esters is 1. The number of hydrogen-bond acceptors (Lipinski definition) is 7. The van der Waals surface area contributed by atoms with Gasteiger partial charge in [0.05, 0.1) is 33.8 Å². The van der Waals surface area contributed by atoms with Crippen LogP contribution in [0.2, 0.25) is 0 Å². The Labute approximate surface area is 418 Å². The first-order chi connectivity index (χ1) is 32.9. The van der Waals surface area contributed by atoms with E-state index >= 15 is 0 Å². The van der Waals surface area contributed by atoms with Crippen molar-refractivity contribution < 1.29 is 37.3 Å². The molecule has 0 aromatic carbocycles. The standard InChI is InChI=1S/C58H103N2O7P/c1-7-10-13-16-19-22-25-28-30-32-35-38-41-44-47-50-57(61)59-55(54-66-68(63,64)65-53-52-60(4,5)6)56(49-46-43-40-37-34-27-24-21-18-15-12-9-3)67-58(62)51-48-45-42-39-36-33-31-29-26-23-20-17-14-11-8-2/h10-11,13-14,16-17,19-20,22-23,25-26,46,49,55-56H,7-9,12,15,18,21,24,27-45,47-48,50-54H2,1-6H3,(H-,59,61,63,64)/b13-10+,14-11+,19-16+,20-17+,25-22+,26-23+,49-46+. The molecule has 1 amide bonds. The van der Waals surface area contributed by atoms with Gasteiger partial charge in [0.25, 0.3) is 7.82 Å². The van der Waals surface area contributed by atoms with Gasteiger partial charge in [0.15, 0.2) is 0 Å². The summed E-state index contributed by atoms with van der Waals surface area (Å²) in [5.41, 5.74) is 0. The number of likely N-dealkylation sites (N-methyl/N-ethyl adjacent to an activating group) is 1. The fraction of sp³-hybridized carbons (Fsp3) is 0.724. The molecule has 0 aliphatic rings. The van der Waals surface area contributed by atoms with Crippen LogP contribution in [0.25, 0.3) is 0 Å². The third-order valence-corrected chi connectivity index (χ3v) is 12.7. The van der Waals surface area contributed by atoms with E-state index in [4.69, 9.17) is 13.8 Å². The van der Waals surface area contributed by atoms with Gasteiger partial charge in [-0.15, -0.1) is 0 Å².